The van der Waals surface area contributed by atoms with E-state index in [0.717, 1.165) is 6.42 Å². The summed E-state index contributed by atoms with van der Waals surface area (Å²) in [6.07, 6.45) is 14.4. The van der Waals surface area contributed by atoms with Crippen molar-refractivity contribution in [2.75, 3.05) is 14.7 Å². The second-order valence-electron chi connectivity index (χ2n) is 32.7. The molecule has 14 rings (SSSR count). The van der Waals surface area contributed by atoms with E-state index in [1.807, 2.05) is 0 Å². The van der Waals surface area contributed by atoms with E-state index in [2.05, 4.69) is 236 Å². The van der Waals surface area contributed by atoms with E-state index < -0.39 is 0 Å². The summed E-state index contributed by atoms with van der Waals surface area (Å²) in [6, 6.07) is 36.2. The van der Waals surface area contributed by atoms with Gasteiger partial charge in [-0.05, 0) is 218 Å². The minimum atomic E-state index is -0.109. The fourth-order valence-corrected chi connectivity index (χ4v) is 19.8. The van der Waals surface area contributed by atoms with Crippen molar-refractivity contribution in [3.8, 4) is 0 Å². The Balaban J connectivity index is 1.16. The molecule has 0 bridgehead atoms. The summed E-state index contributed by atoms with van der Waals surface area (Å²) >= 11 is 2.19. The topological polar surface area (TPSA) is 9.72 Å². The molecule has 5 aliphatic carbocycles. The monoisotopic (exact) mass is 1070 g/mol. The van der Waals surface area contributed by atoms with Crippen LogP contribution in [0.4, 0.5) is 45.5 Å². The summed E-state index contributed by atoms with van der Waals surface area (Å²) in [5, 5.41) is 0. The number of benzene rings is 5. The van der Waals surface area contributed by atoms with Crippen molar-refractivity contribution < 1.29 is 0 Å². The lowest BCUT2D eigenvalue weighted by atomic mass is 9.35. The number of hydrogen-bond donors (Lipinski definition) is 0. The Morgan fingerprint density at radius 3 is 1.43 bits per heavy atom. The number of anilines is 8. The molecule has 8 aliphatic rings. The first-order valence-corrected chi connectivity index (χ1v) is 32.0. The van der Waals surface area contributed by atoms with Crippen molar-refractivity contribution >= 4 is 79.3 Å². The summed E-state index contributed by atoms with van der Waals surface area (Å²) in [4.78, 5) is 10.2. The van der Waals surface area contributed by atoms with Crippen molar-refractivity contribution in [3.05, 3.63) is 134 Å². The summed E-state index contributed by atoms with van der Waals surface area (Å²) in [5.41, 5.74) is 26.6. The Hall–Kier alpha value is -4.74. The zero-order valence-corrected chi connectivity index (χ0v) is 52.7. The van der Waals surface area contributed by atoms with Crippen LogP contribution in [0.2, 0.25) is 0 Å². The first kappa shape index (κ1) is 52.3. The molecular weight excluding hydrogens is 974 g/mol. The molecule has 0 N–H and O–H groups in total. The van der Waals surface area contributed by atoms with Gasteiger partial charge in [-0.25, -0.2) is 0 Å². The lowest BCUT2D eigenvalue weighted by molar-refractivity contribution is 0.195. The number of para-hydroxylation sites is 1. The van der Waals surface area contributed by atoms with Crippen LogP contribution in [0.5, 0.6) is 0 Å². The van der Waals surface area contributed by atoms with E-state index in [0.29, 0.717) is 0 Å². The Morgan fingerprint density at radius 1 is 0.380 bits per heavy atom. The van der Waals surface area contributed by atoms with Crippen molar-refractivity contribution in [2.24, 2.45) is 0 Å². The number of fused-ring (bicyclic) bond motifs is 12. The molecule has 0 saturated heterocycles. The van der Waals surface area contributed by atoms with Gasteiger partial charge in [0.15, 0.2) is 0 Å². The molecule has 5 aromatic carbocycles. The van der Waals surface area contributed by atoms with Gasteiger partial charge in [-0.15, -0.1) is 0 Å². The molecule has 0 radical (unpaired) electrons. The van der Waals surface area contributed by atoms with Gasteiger partial charge in [-0.1, -0.05) is 167 Å². The van der Waals surface area contributed by atoms with E-state index in [-0.39, 0.29) is 61.0 Å². The summed E-state index contributed by atoms with van der Waals surface area (Å²) in [6.45, 7) is 45.8. The lowest BCUT2D eigenvalue weighted by Gasteiger charge is -2.51. The van der Waals surface area contributed by atoms with Crippen molar-refractivity contribution in [1.82, 2.24) is 0 Å². The van der Waals surface area contributed by atoms with Crippen LogP contribution in [0.15, 0.2) is 84.9 Å². The predicted octanol–water partition coefficient (Wildman–Crippen LogP) is 19.0. The maximum atomic E-state index is 2.89. The van der Waals surface area contributed by atoms with Crippen LogP contribution in [0.1, 0.15) is 251 Å². The molecule has 3 nitrogen and oxygen atoms in total. The van der Waals surface area contributed by atoms with Gasteiger partial charge in [0.05, 0.1) is 11.2 Å². The molecule has 3 aliphatic heterocycles. The van der Waals surface area contributed by atoms with Gasteiger partial charge in [0.25, 0.3) is 6.71 Å². The van der Waals surface area contributed by atoms with Crippen LogP contribution in [0, 0.1) is 0 Å². The van der Waals surface area contributed by atoms with Gasteiger partial charge >= 0.3 is 0 Å². The molecule has 412 valence electrons. The third-order valence-corrected chi connectivity index (χ3v) is 25.6. The highest BCUT2D eigenvalue weighted by atomic mass is 32.1. The predicted molar refractivity (Wildman–Crippen MR) is 342 cm³/mol. The van der Waals surface area contributed by atoms with E-state index in [4.69, 9.17) is 0 Å². The molecule has 0 amide bonds. The molecule has 6 aromatic rings. The number of nitrogens with zero attached hydrogens (tertiary/aromatic N) is 3. The normalized spacial score (nSPS) is 26.8. The fourth-order valence-electron chi connectivity index (χ4n) is 18.0. The van der Waals surface area contributed by atoms with Crippen LogP contribution in [0.3, 0.4) is 0 Å². The molecule has 0 spiro atoms. The maximum Gasteiger partial charge on any atom is 0.264 e. The van der Waals surface area contributed by atoms with E-state index >= 15 is 0 Å². The SMILES string of the molecule is CC1(C)CCC(C)(C)c2cc(N3c4cc5c(cc4B4c6sc7c(c6N(c6ccc8c(c6)C(C)(C)CCC8(C)C)c6cc(N8c9ccccc9C9(C)CCCCC89C)cc3c64)C(C)(C)CCC7(C)C)C(C)(C)CCC5(C)C)ccc21. The van der Waals surface area contributed by atoms with Gasteiger partial charge in [0.2, 0.25) is 0 Å². The van der Waals surface area contributed by atoms with Crippen molar-refractivity contribution in [2.45, 2.75) is 256 Å². The molecule has 1 saturated carbocycles. The Bertz CT molecular complexity index is 3610. The number of rotatable bonds is 3. The molecule has 1 aromatic heterocycles. The second kappa shape index (κ2) is 16.1. The quantitative estimate of drug-likeness (QED) is 0.163. The Labute approximate surface area is 481 Å². The third kappa shape index (κ3) is 7.02. The zero-order valence-electron chi connectivity index (χ0n) is 51.9. The lowest BCUT2D eigenvalue weighted by Crippen LogP contribution is -2.61. The summed E-state index contributed by atoms with van der Waals surface area (Å²) < 4.78 is 1.55. The molecule has 2 unspecified atom stereocenters. The first-order chi connectivity index (χ1) is 36.8. The van der Waals surface area contributed by atoms with E-state index in [1.54, 1.807) is 20.8 Å². The molecule has 1 fully saturated rings. The van der Waals surface area contributed by atoms with E-state index in [9.17, 15) is 0 Å². The zero-order chi connectivity index (χ0) is 55.9. The first-order valence-electron chi connectivity index (χ1n) is 31.2. The Morgan fingerprint density at radius 2 is 0.848 bits per heavy atom. The number of thiophene rings is 1. The largest absolute Gasteiger partial charge is 0.334 e. The van der Waals surface area contributed by atoms with Gasteiger partial charge in [0, 0.05) is 54.9 Å². The van der Waals surface area contributed by atoms with Crippen LogP contribution >= 0.6 is 11.3 Å². The molecular formula is C74H92BN3S. The smallest absolute Gasteiger partial charge is 0.264 e. The van der Waals surface area contributed by atoms with Crippen LogP contribution in [0.25, 0.3) is 0 Å². The molecule has 2 atom stereocenters. The van der Waals surface area contributed by atoms with Crippen LogP contribution < -0.4 is 30.4 Å². The van der Waals surface area contributed by atoms with Crippen LogP contribution in [-0.2, 0) is 48.7 Å². The molecule has 4 heterocycles. The number of hydrogen-bond acceptors (Lipinski definition) is 4. The average Bonchev–Trinajstić information content (AvgIpc) is 2.52. The van der Waals surface area contributed by atoms with Gasteiger partial charge in [0.1, 0.15) is 0 Å². The standard InChI is InChI=1S/C74H92BN3S/c1-65(2)31-33-67(5,6)51-39-45(25-27-48(51)65)76-57-44-54-53(69(9,10)35-36-70(54,11)12)43-55(57)75-61-58(76)41-47(78-56-24-20-19-23-50(56)73(17)29-21-22-30-74(73,78)18)42-59(61)77(46-26-28-49-52(40-46)68(7,8)34-32-66(49,3)4)62-60-63(79-64(62)75)72(15,16)38-37-71(60,13)14/h19-20,23-28,39-44H,21-22,29-38H2,1-18H3. The van der Waals surface area contributed by atoms with E-state index in [1.165, 1.54) is 160 Å². The van der Waals surface area contributed by atoms with Gasteiger partial charge in [-0.3, -0.25) is 0 Å². The average molecular weight is 1070 g/mol. The van der Waals surface area contributed by atoms with Crippen molar-refractivity contribution in [3.63, 3.8) is 0 Å². The minimum absolute atomic E-state index is 0.0129. The van der Waals surface area contributed by atoms with Gasteiger partial charge in [-0.2, -0.15) is 11.3 Å². The Kier molecular flexibility index (Phi) is 10.7. The highest BCUT2D eigenvalue weighted by Crippen LogP contribution is 2.64. The molecule has 79 heavy (non-hydrogen) atoms. The highest BCUT2D eigenvalue weighted by molar-refractivity contribution is 7.29. The third-order valence-electron chi connectivity index (χ3n) is 24.0. The second-order valence-corrected chi connectivity index (χ2v) is 33.7. The summed E-state index contributed by atoms with van der Waals surface area (Å²) in [7, 11) is 0. The minimum Gasteiger partial charge on any atom is -0.334 e. The fraction of sp³-hybridized carbons (Fsp3) is 0.541. The van der Waals surface area contributed by atoms with Crippen molar-refractivity contribution in [1.29, 1.82) is 0 Å². The van der Waals surface area contributed by atoms with Gasteiger partial charge < -0.3 is 14.7 Å². The highest BCUT2D eigenvalue weighted by Gasteiger charge is 2.59. The summed E-state index contributed by atoms with van der Waals surface area (Å²) in [5.74, 6) is 0. The maximum absolute atomic E-state index is 2.89. The van der Waals surface area contributed by atoms with Crippen LogP contribution in [-0.4, -0.2) is 12.3 Å². The molecule has 5 heteroatoms.